The molecule has 0 radical (unpaired) electrons. The van der Waals surface area contributed by atoms with Gasteiger partial charge in [0.25, 0.3) is 5.91 Å². The van der Waals surface area contributed by atoms with Crippen LogP contribution in [0.25, 0.3) is 10.1 Å². The van der Waals surface area contributed by atoms with E-state index < -0.39 is 11.8 Å². The lowest BCUT2D eigenvalue weighted by atomic mass is 9.87. The topological polar surface area (TPSA) is 118 Å². The van der Waals surface area contributed by atoms with E-state index in [0.29, 0.717) is 65.7 Å². The number of hydrogen-bond acceptors (Lipinski definition) is 8. The fraction of sp³-hybridized carbons (Fsp3) is 0.528. The third-order valence-corrected chi connectivity index (χ3v) is 12.0. The number of benzene rings is 2. The minimum Gasteiger partial charge on any atom is -0.481 e. The number of halogens is 2. The molecule has 3 saturated heterocycles. The molecule has 3 aliphatic heterocycles. The summed E-state index contributed by atoms with van der Waals surface area (Å²) < 4.78 is 19.6. The van der Waals surface area contributed by atoms with Gasteiger partial charge in [-0.2, -0.15) is 0 Å². The van der Waals surface area contributed by atoms with E-state index in [9.17, 15) is 19.5 Å². The van der Waals surface area contributed by atoms with Gasteiger partial charge in [0.1, 0.15) is 12.2 Å². The zero-order chi connectivity index (χ0) is 34.4. The second kappa shape index (κ2) is 14.1. The number of nitrogens with one attached hydrogen (secondary N) is 1. The quantitative estimate of drug-likeness (QED) is 0.258. The van der Waals surface area contributed by atoms with Crippen molar-refractivity contribution in [2.24, 2.45) is 5.92 Å². The van der Waals surface area contributed by atoms with Crippen LogP contribution in [-0.4, -0.2) is 95.1 Å². The lowest BCUT2D eigenvalue weighted by molar-refractivity contribution is -0.156. The van der Waals surface area contributed by atoms with E-state index in [4.69, 9.17) is 37.4 Å². The van der Waals surface area contributed by atoms with Crippen molar-refractivity contribution in [2.75, 3.05) is 31.6 Å². The number of hydrogen-bond donors (Lipinski definition) is 2. The van der Waals surface area contributed by atoms with Gasteiger partial charge in [-0.25, -0.2) is 0 Å². The number of anilines is 1. The summed E-state index contributed by atoms with van der Waals surface area (Å²) >= 11 is 14.9. The maximum atomic E-state index is 14.0. The minimum atomic E-state index is -0.745. The average Bonchev–Trinajstić information content (AvgIpc) is 3.83. The summed E-state index contributed by atoms with van der Waals surface area (Å²) in [5.74, 6) is -2.02. The predicted octanol–water partition coefficient (Wildman–Crippen LogP) is 6.47. The Labute approximate surface area is 299 Å². The number of nitrogens with zero attached hydrogens (tertiary/aromatic N) is 2. The van der Waals surface area contributed by atoms with Gasteiger partial charge in [0, 0.05) is 46.2 Å². The highest BCUT2D eigenvalue weighted by Crippen LogP contribution is 2.37. The fourth-order valence-corrected chi connectivity index (χ4v) is 9.23. The average molecular weight is 731 g/mol. The molecule has 0 bridgehead atoms. The summed E-state index contributed by atoms with van der Waals surface area (Å²) in [6.45, 7) is 6.27. The summed E-state index contributed by atoms with van der Waals surface area (Å²) in [6.07, 6.45) is 3.35. The Balaban J connectivity index is 1.03. The van der Waals surface area contributed by atoms with Crippen LogP contribution in [0.5, 0.6) is 0 Å². The van der Waals surface area contributed by atoms with E-state index >= 15 is 0 Å². The third-order valence-electron chi connectivity index (χ3n) is 10.3. The highest BCUT2D eigenvalue weighted by molar-refractivity contribution is 7.17. The van der Waals surface area contributed by atoms with Crippen LogP contribution in [0.2, 0.25) is 10.0 Å². The van der Waals surface area contributed by atoms with Crippen LogP contribution in [0.1, 0.15) is 61.9 Å². The van der Waals surface area contributed by atoms with Gasteiger partial charge in [-0.05, 0) is 69.7 Å². The van der Waals surface area contributed by atoms with Crippen molar-refractivity contribution in [3.8, 4) is 0 Å². The number of ether oxygens (including phenoxy) is 3. The maximum absolute atomic E-state index is 14.0. The van der Waals surface area contributed by atoms with Crippen molar-refractivity contribution in [2.45, 2.75) is 88.6 Å². The van der Waals surface area contributed by atoms with Crippen LogP contribution >= 0.6 is 34.5 Å². The molecule has 262 valence electrons. The number of carbonyl (C=O) groups is 3. The van der Waals surface area contributed by atoms with Crippen LogP contribution < -0.4 is 5.32 Å². The van der Waals surface area contributed by atoms with Gasteiger partial charge >= 0.3 is 5.97 Å². The zero-order valence-corrected chi connectivity index (χ0v) is 29.9. The van der Waals surface area contributed by atoms with Crippen LogP contribution in [0.15, 0.2) is 41.8 Å². The van der Waals surface area contributed by atoms with E-state index in [2.05, 4.69) is 10.2 Å². The predicted molar refractivity (Wildman–Crippen MR) is 189 cm³/mol. The number of rotatable bonds is 9. The monoisotopic (exact) mass is 729 g/mol. The van der Waals surface area contributed by atoms with Crippen molar-refractivity contribution in [3.05, 3.63) is 63.0 Å². The first kappa shape index (κ1) is 34.7. The summed E-state index contributed by atoms with van der Waals surface area (Å²) in [5, 5.41) is 15.6. The molecule has 0 unspecified atom stereocenters. The standard InChI is InChI=1S/C36H41Cl2N3O7S/c1-36(2)47-30-16-40(17-31(30)48-36)22-13-23(18-46-24-9-7-20(8-10-24)35(44)45)41(15-22)33(42)12-21-11-28(38)29(14-27(21)37)39-34(43)26-19-49-32-6-4-3-5-25(26)32/h3-6,11,14,19-20,22-24,30-31H,7-10,12-13,15-18H2,1-2H3,(H,39,43)(H,44,45)/t20?,22-,23-,24?,30-,31+/m0/s1. The second-order valence-electron chi connectivity index (χ2n) is 14.1. The molecule has 4 atom stereocenters. The number of thiophene rings is 1. The van der Waals surface area contributed by atoms with Crippen molar-refractivity contribution in [1.82, 2.24) is 9.80 Å². The van der Waals surface area contributed by atoms with E-state index in [1.165, 1.54) is 11.3 Å². The first-order chi connectivity index (χ1) is 23.4. The maximum Gasteiger partial charge on any atom is 0.306 e. The van der Waals surface area contributed by atoms with Crippen molar-refractivity contribution >= 4 is 68.1 Å². The number of amides is 2. The lowest BCUT2D eigenvalue weighted by Crippen LogP contribution is -2.42. The molecular weight excluding hydrogens is 689 g/mol. The number of likely N-dealkylation sites (tertiary alicyclic amines) is 2. The van der Waals surface area contributed by atoms with Gasteiger partial charge in [0.15, 0.2) is 5.79 Å². The molecule has 1 saturated carbocycles. The Morgan fingerprint density at radius 1 is 1.02 bits per heavy atom. The zero-order valence-electron chi connectivity index (χ0n) is 27.5. The third kappa shape index (κ3) is 7.49. The summed E-state index contributed by atoms with van der Waals surface area (Å²) in [4.78, 5) is 42.9. The highest BCUT2D eigenvalue weighted by Gasteiger charge is 2.50. The highest BCUT2D eigenvalue weighted by atomic mass is 35.5. The molecule has 4 aliphatic rings. The summed E-state index contributed by atoms with van der Waals surface area (Å²) in [6, 6.07) is 10.9. The molecule has 13 heteroatoms. The van der Waals surface area contributed by atoms with Gasteiger partial charge in [0.05, 0.1) is 47.4 Å². The molecule has 2 N–H and O–H groups in total. The molecule has 1 aliphatic carbocycles. The Kier molecular flexibility index (Phi) is 9.97. The molecule has 4 fully saturated rings. The van der Waals surface area contributed by atoms with Gasteiger partial charge in [0.2, 0.25) is 5.91 Å². The molecule has 2 aromatic carbocycles. The Morgan fingerprint density at radius 3 is 2.45 bits per heavy atom. The Morgan fingerprint density at radius 2 is 1.73 bits per heavy atom. The minimum absolute atomic E-state index is 0.00252. The first-order valence-electron chi connectivity index (χ1n) is 16.9. The Hall–Kier alpha value is -2.77. The first-order valence-corrected chi connectivity index (χ1v) is 18.6. The molecule has 3 aromatic rings. The molecule has 2 amide bonds. The van der Waals surface area contributed by atoms with Crippen LogP contribution in [-0.2, 0) is 30.2 Å². The lowest BCUT2D eigenvalue weighted by Gasteiger charge is -2.30. The van der Waals surface area contributed by atoms with E-state index in [1.54, 1.807) is 12.1 Å². The number of carboxylic acid groups (broad SMARTS) is 1. The second-order valence-corrected chi connectivity index (χ2v) is 15.8. The Bertz CT molecular complexity index is 1730. The van der Waals surface area contributed by atoms with E-state index in [0.717, 1.165) is 29.6 Å². The van der Waals surface area contributed by atoms with Crippen molar-refractivity contribution in [3.63, 3.8) is 0 Å². The molecule has 7 rings (SSSR count). The molecule has 49 heavy (non-hydrogen) atoms. The number of carbonyl (C=O) groups excluding carboxylic acids is 2. The normalized spacial score (nSPS) is 28.2. The summed E-state index contributed by atoms with van der Waals surface area (Å²) in [7, 11) is 0. The van der Waals surface area contributed by atoms with Crippen LogP contribution in [0.3, 0.4) is 0 Å². The smallest absolute Gasteiger partial charge is 0.306 e. The number of carboxylic acids is 1. The van der Waals surface area contributed by atoms with Gasteiger partial charge < -0.3 is 29.5 Å². The van der Waals surface area contributed by atoms with Crippen LogP contribution in [0.4, 0.5) is 5.69 Å². The SMILES string of the molecule is CC1(C)O[C@H]2CN([C@H]3C[C@@H](COC4CCC(C(=O)O)CC4)N(C(=O)Cc4cc(Cl)c(NC(=O)c5csc6ccccc56)cc4Cl)C3)C[C@H]2O1. The fourth-order valence-electron chi connectivity index (χ4n) is 7.82. The molecule has 4 heterocycles. The van der Waals surface area contributed by atoms with E-state index in [1.807, 2.05) is 48.4 Å². The van der Waals surface area contributed by atoms with E-state index in [-0.39, 0.29) is 54.5 Å². The molecule has 10 nitrogen and oxygen atoms in total. The van der Waals surface area contributed by atoms with Crippen molar-refractivity contribution < 1.29 is 33.7 Å². The molecule has 0 spiro atoms. The largest absolute Gasteiger partial charge is 0.481 e. The number of fused-ring (bicyclic) bond motifs is 2. The van der Waals surface area contributed by atoms with Gasteiger partial charge in [-0.1, -0.05) is 41.4 Å². The van der Waals surface area contributed by atoms with Crippen LogP contribution in [0, 0.1) is 5.92 Å². The molecular formula is C36H41Cl2N3O7S. The molecule has 1 aromatic heterocycles. The van der Waals surface area contributed by atoms with Gasteiger partial charge in [-0.15, -0.1) is 11.3 Å². The van der Waals surface area contributed by atoms with Crippen molar-refractivity contribution in [1.29, 1.82) is 0 Å². The van der Waals surface area contributed by atoms with Gasteiger partial charge in [-0.3, -0.25) is 19.3 Å². The summed E-state index contributed by atoms with van der Waals surface area (Å²) in [5.41, 5.74) is 1.51. The number of aliphatic carboxylic acids is 1.